The van der Waals surface area contributed by atoms with Gasteiger partial charge in [-0.3, -0.25) is 0 Å². The molecule has 32 heavy (non-hydrogen) atoms. The normalized spacial score (nSPS) is 7.78. The number of benzene rings is 3. The first-order valence-electron chi connectivity index (χ1n) is 9.15. The van der Waals surface area contributed by atoms with E-state index in [1.54, 1.807) is 24.3 Å². The molecule has 0 saturated heterocycles. The zero-order valence-electron chi connectivity index (χ0n) is 17.4. The summed E-state index contributed by atoms with van der Waals surface area (Å²) in [5, 5.41) is 0. The van der Waals surface area contributed by atoms with Gasteiger partial charge in [0.2, 0.25) is 0 Å². The standard InChI is InChI=1S/C12H6.2C10H6/c1-4-10-7-11(5-2)9-12(6-3)8-10;1-3-9-5-7-10(4-2)8-6-9;1-3-9-6-5-7-10(4-2)8-9/h1-3,7-9H;2*1-2,5-8H. The van der Waals surface area contributed by atoms with Crippen LogP contribution in [0, 0.1) is 86.4 Å². The highest BCUT2D eigenvalue weighted by atomic mass is 14.0. The second-order valence-electron chi connectivity index (χ2n) is 5.97. The largest absolute Gasteiger partial charge is 0.115 e. The van der Waals surface area contributed by atoms with Crippen molar-refractivity contribution in [3.05, 3.63) is 106 Å². The second kappa shape index (κ2) is 13.7. The van der Waals surface area contributed by atoms with E-state index in [4.69, 9.17) is 45.0 Å². The van der Waals surface area contributed by atoms with E-state index in [0.717, 1.165) is 38.9 Å². The molecule has 0 aliphatic rings. The summed E-state index contributed by atoms with van der Waals surface area (Å²) in [7, 11) is 0. The second-order valence-corrected chi connectivity index (χ2v) is 5.97. The van der Waals surface area contributed by atoms with Gasteiger partial charge in [-0.05, 0) is 60.7 Å². The van der Waals surface area contributed by atoms with Crippen LogP contribution in [-0.2, 0) is 0 Å². The quantitative estimate of drug-likeness (QED) is 0.468. The molecule has 0 heteroatoms. The molecule has 0 radical (unpaired) electrons. The molecule has 0 amide bonds. The van der Waals surface area contributed by atoms with Crippen LogP contribution in [0.15, 0.2) is 66.7 Å². The van der Waals surface area contributed by atoms with Gasteiger partial charge >= 0.3 is 0 Å². The minimum absolute atomic E-state index is 0.721. The van der Waals surface area contributed by atoms with Gasteiger partial charge in [-0.1, -0.05) is 47.5 Å². The van der Waals surface area contributed by atoms with Crippen LogP contribution in [0.3, 0.4) is 0 Å². The minimum atomic E-state index is 0.721. The van der Waals surface area contributed by atoms with Crippen molar-refractivity contribution in [1.29, 1.82) is 0 Å². The Kier molecular flexibility index (Phi) is 10.5. The molecule has 0 heterocycles. The highest BCUT2D eigenvalue weighted by Crippen LogP contribution is 2.07. The minimum Gasteiger partial charge on any atom is -0.115 e. The summed E-state index contributed by atoms with van der Waals surface area (Å²) < 4.78 is 0. The van der Waals surface area contributed by atoms with Crippen molar-refractivity contribution in [1.82, 2.24) is 0 Å². The third kappa shape index (κ3) is 8.30. The molecule has 0 aromatic heterocycles. The molecular formula is C32H18. The summed E-state index contributed by atoms with van der Waals surface area (Å²) in [6, 6.07) is 19.9. The molecular weight excluding hydrogens is 384 g/mol. The van der Waals surface area contributed by atoms with Crippen LogP contribution in [0.4, 0.5) is 0 Å². The Hall–Kier alpha value is -5.42. The van der Waals surface area contributed by atoms with E-state index in [2.05, 4.69) is 41.4 Å². The van der Waals surface area contributed by atoms with Crippen LogP contribution in [0.5, 0.6) is 0 Å². The lowest BCUT2D eigenvalue weighted by Gasteiger charge is -1.95. The van der Waals surface area contributed by atoms with E-state index in [0.29, 0.717) is 0 Å². The first-order valence-corrected chi connectivity index (χ1v) is 9.15. The lowest BCUT2D eigenvalue weighted by atomic mass is 10.1. The fourth-order valence-electron chi connectivity index (χ4n) is 2.24. The SMILES string of the molecule is C#Cc1cc(C#C)cc(C#C)c1.C#Cc1ccc(C#C)cc1.C#Cc1cccc(C#C)c1. The lowest BCUT2D eigenvalue weighted by Crippen LogP contribution is -1.82. The summed E-state index contributed by atoms with van der Waals surface area (Å²) in [6.45, 7) is 0. The van der Waals surface area contributed by atoms with Crippen LogP contribution in [0.25, 0.3) is 0 Å². The number of rotatable bonds is 0. The molecule has 0 spiro atoms. The average molecular weight is 402 g/mol. The van der Waals surface area contributed by atoms with E-state index in [-0.39, 0.29) is 0 Å². The molecule has 0 atom stereocenters. The Labute approximate surface area is 192 Å². The Morgan fingerprint density at radius 1 is 0.312 bits per heavy atom. The molecule has 0 nitrogen and oxygen atoms in total. The number of terminal acetylenes is 7. The van der Waals surface area contributed by atoms with Gasteiger partial charge in [0, 0.05) is 38.9 Å². The maximum atomic E-state index is 5.21. The smallest absolute Gasteiger partial charge is 0.0267 e. The summed E-state index contributed by atoms with van der Waals surface area (Å²) >= 11 is 0. The fourth-order valence-corrected chi connectivity index (χ4v) is 2.24. The van der Waals surface area contributed by atoms with E-state index in [1.165, 1.54) is 0 Å². The predicted octanol–water partition coefficient (Wildman–Crippen LogP) is 4.93. The van der Waals surface area contributed by atoms with Gasteiger partial charge in [0.15, 0.2) is 0 Å². The van der Waals surface area contributed by atoms with Crippen molar-refractivity contribution in [2.24, 2.45) is 0 Å². The topological polar surface area (TPSA) is 0 Å². The summed E-state index contributed by atoms with van der Waals surface area (Å²) in [6.07, 6.45) is 36.2. The maximum absolute atomic E-state index is 5.21. The molecule has 146 valence electrons. The molecule has 0 aliphatic carbocycles. The molecule has 0 aliphatic heterocycles. The number of hydrogen-bond acceptors (Lipinski definition) is 0. The zero-order chi connectivity index (χ0) is 23.8. The van der Waals surface area contributed by atoms with Crippen LogP contribution in [-0.4, -0.2) is 0 Å². The summed E-state index contributed by atoms with van der Waals surface area (Å²) in [4.78, 5) is 0. The summed E-state index contributed by atoms with van der Waals surface area (Å²) in [5.41, 5.74) is 5.54. The molecule has 0 unspecified atom stereocenters. The summed E-state index contributed by atoms with van der Waals surface area (Å²) in [5.74, 6) is 17.5. The number of hydrogen-bond donors (Lipinski definition) is 0. The van der Waals surface area contributed by atoms with Gasteiger partial charge in [-0.25, -0.2) is 0 Å². The molecule has 0 N–H and O–H groups in total. The Morgan fingerprint density at radius 3 is 0.812 bits per heavy atom. The van der Waals surface area contributed by atoms with Gasteiger partial charge in [0.05, 0.1) is 0 Å². The van der Waals surface area contributed by atoms with Crippen molar-refractivity contribution < 1.29 is 0 Å². The van der Waals surface area contributed by atoms with Crippen LogP contribution in [0.2, 0.25) is 0 Å². The van der Waals surface area contributed by atoms with Crippen LogP contribution < -0.4 is 0 Å². The lowest BCUT2D eigenvalue weighted by molar-refractivity contribution is 1.56. The maximum Gasteiger partial charge on any atom is 0.0267 e. The third-order valence-electron chi connectivity index (χ3n) is 3.85. The van der Waals surface area contributed by atoms with Crippen molar-refractivity contribution in [3.63, 3.8) is 0 Å². The molecule has 0 bridgehead atoms. The van der Waals surface area contributed by atoms with Gasteiger partial charge in [0.25, 0.3) is 0 Å². The Bertz CT molecular complexity index is 1220. The van der Waals surface area contributed by atoms with E-state index in [9.17, 15) is 0 Å². The first kappa shape index (κ1) is 24.6. The van der Waals surface area contributed by atoms with Gasteiger partial charge < -0.3 is 0 Å². The van der Waals surface area contributed by atoms with Crippen molar-refractivity contribution in [2.45, 2.75) is 0 Å². The van der Waals surface area contributed by atoms with Crippen molar-refractivity contribution >= 4 is 0 Å². The molecule has 0 saturated carbocycles. The Balaban J connectivity index is 0.000000241. The highest BCUT2D eigenvalue weighted by Gasteiger charge is 1.94. The predicted molar refractivity (Wildman–Crippen MR) is 135 cm³/mol. The van der Waals surface area contributed by atoms with Crippen molar-refractivity contribution in [2.75, 3.05) is 0 Å². The van der Waals surface area contributed by atoms with Gasteiger partial charge in [-0.15, -0.1) is 45.0 Å². The van der Waals surface area contributed by atoms with Crippen LogP contribution in [0.1, 0.15) is 38.9 Å². The monoisotopic (exact) mass is 402 g/mol. The van der Waals surface area contributed by atoms with Crippen molar-refractivity contribution in [3.8, 4) is 86.4 Å². The zero-order valence-corrected chi connectivity index (χ0v) is 17.4. The van der Waals surface area contributed by atoms with Gasteiger partial charge in [0.1, 0.15) is 0 Å². The van der Waals surface area contributed by atoms with E-state index >= 15 is 0 Å². The van der Waals surface area contributed by atoms with Crippen LogP contribution >= 0.6 is 0 Å². The third-order valence-corrected chi connectivity index (χ3v) is 3.85. The molecule has 3 aromatic rings. The van der Waals surface area contributed by atoms with E-state index < -0.39 is 0 Å². The molecule has 3 aromatic carbocycles. The molecule has 3 rings (SSSR count). The highest BCUT2D eigenvalue weighted by molar-refractivity contribution is 5.49. The fraction of sp³-hybridized carbons (Fsp3) is 0. The van der Waals surface area contributed by atoms with Gasteiger partial charge in [-0.2, -0.15) is 0 Å². The van der Waals surface area contributed by atoms with E-state index in [1.807, 2.05) is 42.5 Å². The first-order chi connectivity index (χ1) is 15.5. The average Bonchev–Trinajstić information content (AvgIpc) is 2.88. The molecule has 0 fully saturated rings. The Morgan fingerprint density at radius 2 is 0.562 bits per heavy atom.